The Bertz CT molecular complexity index is 271. The fourth-order valence-corrected chi connectivity index (χ4v) is 2.79. The molecule has 0 amide bonds. The third-order valence-electron chi connectivity index (χ3n) is 5.36. The largest absolute Gasteiger partial charge is 0.389 e. The van der Waals surface area contributed by atoms with Crippen molar-refractivity contribution >= 4 is 0 Å². The van der Waals surface area contributed by atoms with Crippen LogP contribution in [0.4, 0.5) is 0 Å². The highest BCUT2D eigenvalue weighted by atomic mass is 16.3. The molecule has 2 saturated carbocycles. The van der Waals surface area contributed by atoms with E-state index in [1.54, 1.807) is 0 Å². The van der Waals surface area contributed by atoms with E-state index in [2.05, 4.69) is 33.0 Å². The van der Waals surface area contributed by atoms with Crippen LogP contribution in [0.1, 0.15) is 66.2 Å². The molecule has 2 aliphatic rings. The Hall–Kier alpha value is -0.0800. The van der Waals surface area contributed by atoms with Gasteiger partial charge in [0, 0.05) is 12.6 Å². The molecule has 1 atom stereocenters. The van der Waals surface area contributed by atoms with Gasteiger partial charge in [0.15, 0.2) is 0 Å². The lowest BCUT2D eigenvalue weighted by Crippen LogP contribution is -2.48. The van der Waals surface area contributed by atoms with Crippen LogP contribution in [0.15, 0.2) is 0 Å². The van der Waals surface area contributed by atoms with E-state index in [4.69, 9.17) is 0 Å². The fraction of sp³-hybridized carbons (Fsp3) is 1.00. The van der Waals surface area contributed by atoms with Crippen molar-refractivity contribution in [2.75, 3.05) is 6.54 Å². The summed E-state index contributed by atoms with van der Waals surface area (Å²) in [6.07, 6.45) is 6.89. The van der Waals surface area contributed by atoms with Gasteiger partial charge in [0.1, 0.15) is 0 Å². The molecule has 1 unspecified atom stereocenters. The maximum absolute atomic E-state index is 10.6. The quantitative estimate of drug-likeness (QED) is 0.790. The number of hydrogen-bond acceptors (Lipinski definition) is 2. The highest BCUT2D eigenvalue weighted by Gasteiger charge is 2.43. The van der Waals surface area contributed by atoms with Crippen LogP contribution in [0.5, 0.6) is 0 Å². The van der Waals surface area contributed by atoms with Crippen molar-refractivity contribution in [1.29, 1.82) is 0 Å². The highest BCUT2D eigenvalue weighted by molar-refractivity contribution is 4.98. The lowest BCUT2D eigenvalue weighted by atomic mass is 9.71. The molecule has 2 rings (SSSR count). The van der Waals surface area contributed by atoms with Crippen LogP contribution in [0.2, 0.25) is 0 Å². The summed E-state index contributed by atoms with van der Waals surface area (Å²) in [6.45, 7) is 10.0. The Morgan fingerprint density at radius 2 is 1.53 bits per heavy atom. The summed E-state index contributed by atoms with van der Waals surface area (Å²) in [5, 5.41) is 14.1. The van der Waals surface area contributed by atoms with Gasteiger partial charge in [-0.25, -0.2) is 0 Å². The normalized spacial score (nSPS) is 30.9. The van der Waals surface area contributed by atoms with Gasteiger partial charge in [-0.05, 0) is 56.3 Å². The Morgan fingerprint density at radius 1 is 1.00 bits per heavy atom. The molecule has 2 nitrogen and oxygen atoms in total. The van der Waals surface area contributed by atoms with Crippen LogP contribution >= 0.6 is 0 Å². The average molecular weight is 239 g/mol. The monoisotopic (exact) mass is 239 g/mol. The zero-order valence-electron chi connectivity index (χ0n) is 12.0. The maximum Gasteiger partial charge on any atom is 0.0772 e. The van der Waals surface area contributed by atoms with E-state index in [0.29, 0.717) is 16.9 Å². The van der Waals surface area contributed by atoms with E-state index in [1.165, 1.54) is 12.8 Å². The third-order valence-corrected chi connectivity index (χ3v) is 5.36. The summed E-state index contributed by atoms with van der Waals surface area (Å²) in [7, 11) is 0. The summed E-state index contributed by atoms with van der Waals surface area (Å²) in [5.41, 5.74) is 0.486. The predicted molar refractivity (Wildman–Crippen MR) is 72.0 cm³/mol. The number of rotatable bonds is 4. The molecule has 0 heterocycles. The summed E-state index contributed by atoms with van der Waals surface area (Å²) >= 11 is 0. The van der Waals surface area contributed by atoms with Crippen LogP contribution in [-0.2, 0) is 0 Å². The third kappa shape index (κ3) is 3.23. The highest BCUT2D eigenvalue weighted by Crippen LogP contribution is 2.48. The van der Waals surface area contributed by atoms with Gasteiger partial charge in [0.2, 0.25) is 0 Å². The summed E-state index contributed by atoms with van der Waals surface area (Å²) in [5.74, 6) is 0. The van der Waals surface area contributed by atoms with Crippen LogP contribution in [-0.4, -0.2) is 23.3 Å². The van der Waals surface area contributed by atoms with Gasteiger partial charge >= 0.3 is 0 Å². The fourth-order valence-electron chi connectivity index (χ4n) is 2.79. The Morgan fingerprint density at radius 3 is 2.00 bits per heavy atom. The van der Waals surface area contributed by atoms with Crippen LogP contribution in [0.3, 0.4) is 0 Å². The molecule has 0 aromatic rings. The molecule has 2 N–H and O–H groups in total. The molecule has 0 aromatic heterocycles. The second kappa shape index (κ2) is 4.24. The minimum atomic E-state index is -0.449. The van der Waals surface area contributed by atoms with E-state index in [-0.39, 0.29) is 0 Å². The molecule has 0 aliphatic heterocycles. The smallest absolute Gasteiger partial charge is 0.0772 e. The molecule has 17 heavy (non-hydrogen) atoms. The van der Waals surface area contributed by atoms with E-state index < -0.39 is 5.60 Å². The van der Waals surface area contributed by atoms with E-state index >= 15 is 0 Å². The van der Waals surface area contributed by atoms with Crippen molar-refractivity contribution in [3.63, 3.8) is 0 Å². The topological polar surface area (TPSA) is 32.3 Å². The van der Waals surface area contributed by atoms with Gasteiger partial charge in [-0.15, -0.1) is 0 Å². The molecule has 100 valence electrons. The first-order valence-corrected chi connectivity index (χ1v) is 7.21. The standard InChI is InChI=1S/C15H29NO/c1-12(14(4)7-8-14)16-11-15(17)9-5-13(2,3)6-10-15/h12,16-17H,5-11H2,1-4H3. The molecule has 0 aromatic carbocycles. The first-order valence-electron chi connectivity index (χ1n) is 7.21. The number of aliphatic hydroxyl groups is 1. The van der Waals surface area contributed by atoms with E-state index in [1.807, 2.05) is 0 Å². The van der Waals surface area contributed by atoms with E-state index in [9.17, 15) is 5.11 Å². The molecule has 2 heteroatoms. The van der Waals surface area contributed by atoms with Gasteiger partial charge in [0.05, 0.1) is 5.60 Å². The summed E-state index contributed by atoms with van der Waals surface area (Å²) in [4.78, 5) is 0. The first-order chi connectivity index (χ1) is 7.75. The van der Waals surface area contributed by atoms with Crippen molar-refractivity contribution < 1.29 is 5.11 Å². The van der Waals surface area contributed by atoms with Crippen molar-refractivity contribution in [3.8, 4) is 0 Å². The first kappa shape index (κ1) is 13.4. The van der Waals surface area contributed by atoms with Gasteiger partial charge in [0.25, 0.3) is 0 Å². The Balaban J connectivity index is 1.79. The van der Waals surface area contributed by atoms with Crippen LogP contribution in [0, 0.1) is 10.8 Å². The minimum Gasteiger partial charge on any atom is -0.389 e. The maximum atomic E-state index is 10.6. The molecule has 2 aliphatic carbocycles. The average Bonchev–Trinajstić information content (AvgIpc) is 3.00. The van der Waals surface area contributed by atoms with Crippen LogP contribution in [0.25, 0.3) is 0 Å². The van der Waals surface area contributed by atoms with Crippen LogP contribution < -0.4 is 5.32 Å². The molecule has 0 saturated heterocycles. The molecule has 0 bridgehead atoms. The zero-order chi connectivity index (χ0) is 12.7. The Kier molecular flexibility index (Phi) is 3.33. The summed E-state index contributed by atoms with van der Waals surface area (Å²) < 4.78 is 0. The lowest BCUT2D eigenvalue weighted by Gasteiger charge is -2.41. The molecular weight excluding hydrogens is 210 g/mol. The molecular formula is C15H29NO. The predicted octanol–water partition coefficient (Wildman–Crippen LogP) is 3.10. The van der Waals surface area contributed by atoms with Gasteiger partial charge in [-0.2, -0.15) is 0 Å². The second-order valence-corrected chi connectivity index (χ2v) is 7.65. The lowest BCUT2D eigenvalue weighted by molar-refractivity contribution is -0.0270. The van der Waals surface area contributed by atoms with Gasteiger partial charge in [-0.1, -0.05) is 20.8 Å². The van der Waals surface area contributed by atoms with Gasteiger partial charge < -0.3 is 10.4 Å². The SMILES string of the molecule is CC(NCC1(O)CCC(C)(C)CC1)C1(C)CC1. The second-order valence-electron chi connectivity index (χ2n) is 7.65. The van der Waals surface area contributed by atoms with Crippen molar-refractivity contribution in [1.82, 2.24) is 5.32 Å². The van der Waals surface area contributed by atoms with Crippen molar-refractivity contribution in [3.05, 3.63) is 0 Å². The van der Waals surface area contributed by atoms with Crippen molar-refractivity contribution in [2.24, 2.45) is 10.8 Å². The summed E-state index contributed by atoms with van der Waals surface area (Å²) in [6, 6.07) is 0.543. The Labute approximate surface area is 106 Å². The number of hydrogen-bond donors (Lipinski definition) is 2. The molecule has 2 fully saturated rings. The van der Waals surface area contributed by atoms with E-state index in [0.717, 1.165) is 32.2 Å². The molecule has 0 radical (unpaired) electrons. The molecule has 0 spiro atoms. The van der Waals surface area contributed by atoms with Gasteiger partial charge in [-0.3, -0.25) is 0 Å². The van der Waals surface area contributed by atoms with Crippen molar-refractivity contribution in [2.45, 2.75) is 77.9 Å². The zero-order valence-corrected chi connectivity index (χ0v) is 12.0. The minimum absolute atomic E-state index is 0.431. The number of nitrogens with one attached hydrogen (secondary N) is 1.